The molecule has 0 aromatic carbocycles. The van der Waals surface area contributed by atoms with Crippen molar-refractivity contribution in [2.75, 3.05) is 5.75 Å². The van der Waals surface area contributed by atoms with Crippen molar-refractivity contribution in [3.8, 4) is 0 Å². The topological polar surface area (TPSA) is 63.3 Å². The molecule has 0 saturated carbocycles. The van der Waals surface area contributed by atoms with E-state index in [1.54, 1.807) is 0 Å². The van der Waals surface area contributed by atoms with Gasteiger partial charge in [-0.3, -0.25) is 4.79 Å². The molecular weight excluding hydrogens is 138 g/mol. The minimum atomic E-state index is -1.00. The van der Waals surface area contributed by atoms with Gasteiger partial charge in [0.15, 0.2) is 0 Å². The van der Waals surface area contributed by atoms with Crippen LogP contribution < -0.4 is 5.73 Å². The van der Waals surface area contributed by atoms with E-state index in [4.69, 9.17) is 10.8 Å². The van der Waals surface area contributed by atoms with E-state index in [-0.39, 0.29) is 20.6 Å². The van der Waals surface area contributed by atoms with Crippen LogP contribution in [0.1, 0.15) is 14.9 Å². The van der Waals surface area contributed by atoms with Crippen LogP contribution in [-0.2, 0) is 4.79 Å². The Morgan fingerprint density at radius 3 is 2.00 bits per heavy atom. The lowest BCUT2D eigenvalue weighted by atomic mass is 10.4. The molecule has 0 amide bonds. The summed E-state index contributed by atoms with van der Waals surface area (Å²) in [5.74, 6) is -0.815. The fourth-order valence-electron chi connectivity index (χ4n) is 0.0781. The SMILES string of the molecule is C.C.NC(CS)C(=O)O. The summed E-state index contributed by atoms with van der Waals surface area (Å²) >= 11 is 3.65. The lowest BCUT2D eigenvalue weighted by Crippen LogP contribution is -2.31. The summed E-state index contributed by atoms with van der Waals surface area (Å²) in [6.07, 6.45) is 0. The molecule has 0 aliphatic heterocycles. The lowest BCUT2D eigenvalue weighted by molar-refractivity contribution is -0.137. The molecule has 58 valence electrons. The molecule has 0 bridgehead atoms. The van der Waals surface area contributed by atoms with E-state index in [0.717, 1.165) is 0 Å². The monoisotopic (exact) mass is 153 g/mol. The third kappa shape index (κ3) is 7.78. The molecule has 0 aromatic rings. The van der Waals surface area contributed by atoms with Gasteiger partial charge < -0.3 is 10.8 Å². The highest BCUT2D eigenvalue weighted by Gasteiger charge is 2.06. The quantitative estimate of drug-likeness (QED) is 0.509. The van der Waals surface area contributed by atoms with Gasteiger partial charge in [-0.1, -0.05) is 14.9 Å². The van der Waals surface area contributed by atoms with Crippen LogP contribution in [0.4, 0.5) is 0 Å². The molecule has 0 aliphatic carbocycles. The van der Waals surface area contributed by atoms with Gasteiger partial charge in [-0.2, -0.15) is 12.6 Å². The number of nitrogens with two attached hydrogens (primary N) is 1. The zero-order valence-corrected chi connectivity index (χ0v) is 4.56. The summed E-state index contributed by atoms with van der Waals surface area (Å²) in [7, 11) is 0. The number of thiol groups is 1. The standard InChI is InChI=1S/C3H7NO2S.2CH4/c4-2(1-7)3(5)6;;/h2,7H,1,4H2,(H,5,6);2*1H4. The molecule has 0 saturated heterocycles. The van der Waals surface area contributed by atoms with Gasteiger partial charge in [0.25, 0.3) is 0 Å². The largest absolute Gasteiger partial charge is 0.480 e. The van der Waals surface area contributed by atoms with Crippen molar-refractivity contribution < 1.29 is 9.90 Å². The number of carboxylic acid groups (broad SMARTS) is 1. The van der Waals surface area contributed by atoms with Crippen molar-refractivity contribution in [1.29, 1.82) is 0 Å². The van der Waals surface area contributed by atoms with Crippen LogP contribution in [0.15, 0.2) is 0 Å². The summed E-state index contributed by atoms with van der Waals surface area (Å²) < 4.78 is 0. The average molecular weight is 153 g/mol. The van der Waals surface area contributed by atoms with Gasteiger partial charge in [-0.25, -0.2) is 0 Å². The maximum absolute atomic E-state index is 9.76. The van der Waals surface area contributed by atoms with Gasteiger partial charge in [0, 0.05) is 5.75 Å². The first-order chi connectivity index (χ1) is 3.18. The second kappa shape index (κ2) is 7.78. The van der Waals surface area contributed by atoms with Gasteiger partial charge in [0.1, 0.15) is 6.04 Å². The molecule has 3 nitrogen and oxygen atoms in total. The smallest absolute Gasteiger partial charge is 0.321 e. The molecule has 1 unspecified atom stereocenters. The van der Waals surface area contributed by atoms with Crippen molar-refractivity contribution in [2.45, 2.75) is 20.9 Å². The predicted octanol–water partition coefficient (Wildman–Crippen LogP) is 0.600. The number of aliphatic carboxylic acids is 1. The van der Waals surface area contributed by atoms with Crippen molar-refractivity contribution in [3.63, 3.8) is 0 Å². The Kier molecular flexibility index (Phi) is 13.8. The molecule has 0 aromatic heterocycles. The van der Waals surface area contributed by atoms with Gasteiger partial charge >= 0.3 is 5.97 Å². The summed E-state index contributed by atoms with van der Waals surface area (Å²) in [5, 5.41) is 8.01. The Hall–Kier alpha value is -0.220. The third-order valence-corrected chi connectivity index (χ3v) is 0.907. The van der Waals surface area contributed by atoms with Crippen LogP contribution in [0.2, 0.25) is 0 Å². The van der Waals surface area contributed by atoms with Crippen LogP contribution in [0, 0.1) is 0 Å². The normalized spacial score (nSPS) is 10.4. The van der Waals surface area contributed by atoms with Crippen LogP contribution in [0.5, 0.6) is 0 Å². The molecule has 0 spiro atoms. The van der Waals surface area contributed by atoms with E-state index < -0.39 is 12.0 Å². The van der Waals surface area contributed by atoms with Crippen molar-refractivity contribution in [3.05, 3.63) is 0 Å². The first-order valence-electron chi connectivity index (χ1n) is 1.77. The van der Waals surface area contributed by atoms with Crippen molar-refractivity contribution in [1.82, 2.24) is 0 Å². The second-order valence-electron chi connectivity index (χ2n) is 1.13. The zero-order valence-electron chi connectivity index (χ0n) is 3.66. The van der Waals surface area contributed by atoms with Crippen LogP contribution in [-0.4, -0.2) is 22.9 Å². The van der Waals surface area contributed by atoms with Gasteiger partial charge in [-0.15, -0.1) is 0 Å². The predicted molar refractivity (Wildman–Crippen MR) is 42.9 cm³/mol. The number of hydrogen-bond donors (Lipinski definition) is 3. The molecule has 9 heavy (non-hydrogen) atoms. The third-order valence-electron chi connectivity index (χ3n) is 0.514. The fraction of sp³-hybridized carbons (Fsp3) is 0.800. The Labute approximate surface area is 61.7 Å². The molecule has 0 rings (SSSR count). The van der Waals surface area contributed by atoms with E-state index in [1.807, 2.05) is 0 Å². The fourth-order valence-corrected chi connectivity index (χ4v) is 0.234. The Balaban J connectivity index is -0.000000180. The first kappa shape index (κ1) is 15.9. The van der Waals surface area contributed by atoms with Crippen LogP contribution in [0.3, 0.4) is 0 Å². The van der Waals surface area contributed by atoms with E-state index in [2.05, 4.69) is 12.6 Å². The van der Waals surface area contributed by atoms with Gasteiger partial charge in [0.2, 0.25) is 0 Å². The molecule has 0 fully saturated rings. The highest BCUT2D eigenvalue weighted by atomic mass is 32.1. The minimum Gasteiger partial charge on any atom is -0.480 e. The Morgan fingerprint density at radius 2 is 2.00 bits per heavy atom. The Morgan fingerprint density at radius 1 is 1.67 bits per heavy atom. The minimum absolute atomic E-state index is 0. The van der Waals surface area contributed by atoms with E-state index in [1.165, 1.54) is 0 Å². The number of carboxylic acids is 1. The van der Waals surface area contributed by atoms with Crippen molar-refractivity contribution in [2.24, 2.45) is 5.73 Å². The molecule has 1 atom stereocenters. The first-order valence-corrected chi connectivity index (χ1v) is 2.41. The average Bonchev–Trinajstić information content (AvgIpc) is 1.65. The maximum atomic E-state index is 9.76. The van der Waals surface area contributed by atoms with Gasteiger partial charge in [-0.05, 0) is 0 Å². The van der Waals surface area contributed by atoms with E-state index >= 15 is 0 Å². The van der Waals surface area contributed by atoms with Crippen molar-refractivity contribution >= 4 is 18.6 Å². The van der Waals surface area contributed by atoms with E-state index in [9.17, 15) is 4.79 Å². The second-order valence-corrected chi connectivity index (χ2v) is 1.49. The van der Waals surface area contributed by atoms with Crippen LogP contribution >= 0.6 is 12.6 Å². The molecule has 0 radical (unpaired) electrons. The highest BCUT2D eigenvalue weighted by molar-refractivity contribution is 7.80. The molecular formula is C5H15NO2S. The van der Waals surface area contributed by atoms with Crippen LogP contribution in [0.25, 0.3) is 0 Å². The summed E-state index contributed by atoms with van der Waals surface area (Å²) in [4.78, 5) is 9.76. The number of hydrogen-bond acceptors (Lipinski definition) is 3. The summed E-state index contributed by atoms with van der Waals surface area (Å²) in [6.45, 7) is 0. The molecule has 4 heteroatoms. The maximum Gasteiger partial charge on any atom is 0.321 e. The summed E-state index contributed by atoms with van der Waals surface area (Å²) in [6, 6.07) is -0.816. The Bertz CT molecular complexity index is 77.4. The molecule has 3 N–H and O–H groups in total. The zero-order chi connectivity index (χ0) is 5.86. The summed E-state index contributed by atoms with van der Waals surface area (Å²) in [5.41, 5.74) is 4.94. The van der Waals surface area contributed by atoms with E-state index in [0.29, 0.717) is 0 Å². The van der Waals surface area contributed by atoms with Gasteiger partial charge in [0.05, 0.1) is 0 Å². The molecule has 0 aliphatic rings. The number of rotatable bonds is 2. The highest BCUT2D eigenvalue weighted by Crippen LogP contribution is 1.80. The number of carbonyl (C=O) groups is 1. The molecule has 0 heterocycles. The lowest BCUT2D eigenvalue weighted by Gasteiger charge is -1.96.